The largest absolute Gasteiger partial charge is 0.490 e. The van der Waals surface area contributed by atoms with E-state index in [1.54, 1.807) is 6.07 Å². The number of halogens is 1. The molecule has 1 aliphatic carbocycles. The van der Waals surface area contributed by atoms with Gasteiger partial charge in [-0.05, 0) is 56.7 Å². The van der Waals surface area contributed by atoms with Crippen molar-refractivity contribution < 1.29 is 17.5 Å². The molecule has 0 bridgehead atoms. The molecule has 2 N–H and O–H groups in total. The highest BCUT2D eigenvalue weighted by Gasteiger charge is 2.27. The van der Waals surface area contributed by atoms with E-state index in [0.717, 1.165) is 18.4 Å². The van der Waals surface area contributed by atoms with Crippen LogP contribution in [0.4, 0.5) is 4.39 Å². The fraction of sp³-hybridized carbons (Fsp3) is 0.650. The number of guanidine groups is 1. The topological polar surface area (TPSA) is 83.0 Å². The molecule has 162 valence electrons. The average molecular weight is 427 g/mol. The van der Waals surface area contributed by atoms with Crippen LogP contribution in [-0.2, 0) is 10.0 Å². The lowest BCUT2D eigenvalue weighted by Crippen LogP contribution is -2.39. The Labute approximate surface area is 172 Å². The highest BCUT2D eigenvalue weighted by atomic mass is 32.2. The van der Waals surface area contributed by atoms with Crippen molar-refractivity contribution >= 4 is 16.0 Å². The van der Waals surface area contributed by atoms with Crippen LogP contribution in [0.5, 0.6) is 5.75 Å². The van der Waals surface area contributed by atoms with E-state index in [1.807, 2.05) is 19.9 Å². The second kappa shape index (κ2) is 9.75. The van der Waals surface area contributed by atoms with Gasteiger partial charge in [0, 0.05) is 19.6 Å². The molecule has 29 heavy (non-hydrogen) atoms. The van der Waals surface area contributed by atoms with Crippen LogP contribution >= 0.6 is 0 Å². The van der Waals surface area contributed by atoms with Crippen LogP contribution in [0, 0.1) is 11.7 Å². The molecule has 9 heteroatoms. The van der Waals surface area contributed by atoms with Gasteiger partial charge in [-0.3, -0.25) is 4.99 Å². The summed E-state index contributed by atoms with van der Waals surface area (Å²) in [5, 5.41) is 6.40. The Bertz CT molecular complexity index is 827. The molecule has 1 aliphatic heterocycles. The maximum Gasteiger partial charge on any atom is 0.214 e. The minimum atomic E-state index is -3.11. The van der Waals surface area contributed by atoms with Gasteiger partial charge in [0.1, 0.15) is 0 Å². The number of nitrogens with one attached hydrogen (secondary N) is 2. The molecule has 3 rings (SSSR count). The van der Waals surface area contributed by atoms with Crippen molar-refractivity contribution in [2.45, 2.75) is 39.2 Å². The summed E-state index contributed by atoms with van der Waals surface area (Å²) in [4.78, 5) is 4.47. The van der Waals surface area contributed by atoms with Gasteiger partial charge in [0.15, 0.2) is 17.5 Å². The Morgan fingerprint density at radius 3 is 2.83 bits per heavy atom. The van der Waals surface area contributed by atoms with Crippen molar-refractivity contribution in [2.24, 2.45) is 10.9 Å². The molecule has 1 saturated carbocycles. The molecule has 1 heterocycles. The van der Waals surface area contributed by atoms with Crippen molar-refractivity contribution in [2.75, 3.05) is 38.5 Å². The summed E-state index contributed by atoms with van der Waals surface area (Å²) in [5.41, 5.74) is 0.786. The molecule has 0 amide bonds. The van der Waals surface area contributed by atoms with E-state index >= 15 is 0 Å². The molecule has 1 unspecified atom stereocenters. The van der Waals surface area contributed by atoms with E-state index < -0.39 is 10.0 Å². The molecular weight excluding hydrogens is 395 g/mol. The summed E-state index contributed by atoms with van der Waals surface area (Å²) >= 11 is 0. The summed E-state index contributed by atoms with van der Waals surface area (Å²) in [6.45, 7) is 6.43. The second-order valence-corrected chi connectivity index (χ2v) is 9.73. The van der Waals surface area contributed by atoms with Crippen molar-refractivity contribution in [3.63, 3.8) is 0 Å². The van der Waals surface area contributed by atoms with Gasteiger partial charge in [0.05, 0.1) is 24.9 Å². The van der Waals surface area contributed by atoms with Gasteiger partial charge in [0.2, 0.25) is 10.0 Å². The zero-order chi connectivity index (χ0) is 20.9. The first-order chi connectivity index (χ1) is 13.9. The monoisotopic (exact) mass is 426 g/mol. The van der Waals surface area contributed by atoms with E-state index in [9.17, 15) is 12.8 Å². The first-order valence-corrected chi connectivity index (χ1v) is 11.9. The standard InChI is InChI=1S/C20H31FN4O3S/c1-3-22-20(23-9-11-25-10-4-12-29(25,26)27)24-15(2)17-7-8-19(18(21)13-17)28-14-16-5-6-16/h7-8,13,15-16H,3-6,9-12,14H2,1-2H3,(H2,22,23,24). The molecule has 0 radical (unpaired) electrons. The van der Waals surface area contributed by atoms with Crippen LogP contribution in [0.15, 0.2) is 23.2 Å². The van der Waals surface area contributed by atoms with Crippen molar-refractivity contribution in [3.05, 3.63) is 29.6 Å². The van der Waals surface area contributed by atoms with Gasteiger partial charge < -0.3 is 15.4 Å². The second-order valence-electron chi connectivity index (χ2n) is 7.64. The van der Waals surface area contributed by atoms with Gasteiger partial charge in [-0.1, -0.05) is 6.07 Å². The third-order valence-corrected chi connectivity index (χ3v) is 7.10. The highest BCUT2D eigenvalue weighted by molar-refractivity contribution is 7.89. The van der Waals surface area contributed by atoms with Gasteiger partial charge >= 0.3 is 0 Å². The number of ether oxygens (including phenoxy) is 1. The van der Waals surface area contributed by atoms with Crippen molar-refractivity contribution in [1.82, 2.24) is 14.9 Å². The third-order valence-electron chi connectivity index (χ3n) is 5.15. The number of benzene rings is 1. The number of nitrogens with zero attached hydrogens (tertiary/aromatic N) is 2. The number of hydrogen-bond acceptors (Lipinski definition) is 4. The first-order valence-electron chi connectivity index (χ1n) is 10.3. The van der Waals surface area contributed by atoms with Crippen LogP contribution in [0.1, 0.15) is 44.7 Å². The van der Waals surface area contributed by atoms with E-state index in [-0.39, 0.29) is 17.6 Å². The molecule has 1 saturated heterocycles. The Morgan fingerprint density at radius 1 is 1.41 bits per heavy atom. The number of rotatable bonds is 9. The predicted molar refractivity (Wildman–Crippen MR) is 112 cm³/mol. The third kappa shape index (κ3) is 6.30. The van der Waals surface area contributed by atoms with E-state index in [2.05, 4.69) is 15.6 Å². The van der Waals surface area contributed by atoms with Crippen LogP contribution < -0.4 is 15.4 Å². The minimum Gasteiger partial charge on any atom is -0.490 e. The number of sulfonamides is 1. The Morgan fingerprint density at radius 2 is 2.21 bits per heavy atom. The molecule has 2 aliphatic rings. The number of hydrogen-bond donors (Lipinski definition) is 2. The van der Waals surface area contributed by atoms with Crippen LogP contribution in [0.3, 0.4) is 0 Å². The molecule has 2 fully saturated rings. The normalized spacial score (nSPS) is 20.4. The van der Waals surface area contributed by atoms with Crippen LogP contribution in [0.2, 0.25) is 0 Å². The van der Waals surface area contributed by atoms with Gasteiger partial charge in [-0.15, -0.1) is 0 Å². The maximum absolute atomic E-state index is 14.4. The zero-order valence-corrected chi connectivity index (χ0v) is 18.0. The molecule has 0 aromatic heterocycles. The number of aliphatic imine (C=N–C) groups is 1. The molecule has 7 nitrogen and oxygen atoms in total. The summed E-state index contributed by atoms with van der Waals surface area (Å²) < 4.78 is 45.1. The lowest BCUT2D eigenvalue weighted by atomic mass is 10.1. The quantitative estimate of drug-likeness (QED) is 0.468. The Kier molecular flexibility index (Phi) is 7.34. The highest BCUT2D eigenvalue weighted by Crippen LogP contribution is 2.30. The average Bonchev–Trinajstić information content (AvgIpc) is 3.44. The summed E-state index contributed by atoms with van der Waals surface area (Å²) in [5.74, 6) is 1.30. The molecule has 1 atom stereocenters. The van der Waals surface area contributed by atoms with Crippen molar-refractivity contribution in [3.8, 4) is 5.75 Å². The van der Waals surface area contributed by atoms with Gasteiger partial charge in [0.25, 0.3) is 0 Å². The van der Waals surface area contributed by atoms with E-state index in [4.69, 9.17) is 4.74 Å². The van der Waals surface area contributed by atoms with Crippen LogP contribution in [0.25, 0.3) is 0 Å². The van der Waals surface area contributed by atoms with Crippen LogP contribution in [-0.4, -0.2) is 57.2 Å². The maximum atomic E-state index is 14.4. The first kappa shape index (κ1) is 21.8. The lowest BCUT2D eigenvalue weighted by Gasteiger charge is -2.19. The van der Waals surface area contributed by atoms with Gasteiger partial charge in [-0.2, -0.15) is 0 Å². The SMILES string of the molecule is CCNC(=NCCN1CCCS1(=O)=O)NC(C)c1ccc(OCC2CC2)c(F)c1. The zero-order valence-electron chi connectivity index (χ0n) is 17.2. The van der Waals surface area contributed by atoms with Crippen molar-refractivity contribution in [1.29, 1.82) is 0 Å². The Hall–Kier alpha value is -1.87. The van der Waals surface area contributed by atoms with Gasteiger partial charge in [-0.25, -0.2) is 17.1 Å². The van der Waals surface area contributed by atoms with E-state index in [1.165, 1.54) is 10.4 Å². The summed E-state index contributed by atoms with van der Waals surface area (Å²) in [6.07, 6.45) is 3.00. The molecule has 1 aromatic rings. The Balaban J connectivity index is 1.56. The fourth-order valence-corrected chi connectivity index (χ4v) is 4.74. The lowest BCUT2D eigenvalue weighted by molar-refractivity contribution is 0.285. The smallest absolute Gasteiger partial charge is 0.214 e. The fourth-order valence-electron chi connectivity index (χ4n) is 3.22. The molecule has 1 aromatic carbocycles. The molecule has 0 spiro atoms. The molecular formula is C20H31FN4O3S. The predicted octanol–water partition coefficient (Wildman–Crippen LogP) is 2.27. The summed E-state index contributed by atoms with van der Waals surface area (Å²) in [6, 6.07) is 4.84. The summed E-state index contributed by atoms with van der Waals surface area (Å²) in [7, 11) is -3.11. The van der Waals surface area contributed by atoms with E-state index in [0.29, 0.717) is 56.8 Å². The minimum absolute atomic E-state index is 0.171.